The number of nitro groups is 1. The lowest BCUT2D eigenvalue weighted by atomic mass is 9.80. The van der Waals surface area contributed by atoms with Crippen LogP contribution in [0.5, 0.6) is 11.5 Å². The molecule has 0 saturated carbocycles. The Morgan fingerprint density at radius 1 is 0.896 bits per heavy atom. The smallest absolute Gasteiger partial charge is 0.337 e. The summed E-state index contributed by atoms with van der Waals surface area (Å²) in [4.78, 5) is 40.4. The first kappa shape index (κ1) is 39.3. The van der Waals surface area contributed by atoms with Crippen molar-refractivity contribution in [2.75, 3.05) is 41.5 Å². The number of hydrogen-bond donors (Lipinski definition) is 1. The molecule has 3 aromatic carbocycles. The van der Waals surface area contributed by atoms with E-state index in [2.05, 4.69) is 10.2 Å². The zero-order valence-electron chi connectivity index (χ0n) is 27.8. The van der Waals surface area contributed by atoms with Crippen LogP contribution in [-0.2, 0) is 25.5 Å². The number of likely N-dealkylation sites (N-methyl/N-ethyl adjacent to an activating group) is 1. The van der Waals surface area contributed by atoms with E-state index < -0.39 is 28.9 Å². The molecule has 0 aliphatic carbocycles. The molecule has 258 valence electrons. The van der Waals surface area contributed by atoms with E-state index in [1.807, 2.05) is 55.6 Å². The van der Waals surface area contributed by atoms with Crippen molar-refractivity contribution in [3.05, 3.63) is 122 Å². The first-order valence-corrected chi connectivity index (χ1v) is 14.7. The number of ether oxygens (including phenoxy) is 4. The Labute approximate surface area is 286 Å². The average molecular weight is 684 g/mol. The third-order valence-electron chi connectivity index (χ3n) is 7.93. The minimum atomic E-state index is -0.958. The summed E-state index contributed by atoms with van der Waals surface area (Å²) < 4.78 is 22.1. The van der Waals surface area contributed by atoms with Crippen molar-refractivity contribution in [1.29, 1.82) is 0 Å². The summed E-state index contributed by atoms with van der Waals surface area (Å²) in [6, 6.07) is 21.1. The summed E-state index contributed by atoms with van der Waals surface area (Å²) in [6.07, 6.45) is 0.0470. The Morgan fingerprint density at radius 3 is 2.15 bits per heavy atom. The zero-order chi connectivity index (χ0) is 33.4. The van der Waals surface area contributed by atoms with E-state index >= 15 is 0 Å². The van der Waals surface area contributed by atoms with E-state index in [1.54, 1.807) is 34.1 Å². The topological polar surface area (TPSA) is 161 Å². The quantitative estimate of drug-likeness (QED) is 0.146. The van der Waals surface area contributed by atoms with Gasteiger partial charge < -0.3 is 34.6 Å². The summed E-state index contributed by atoms with van der Waals surface area (Å²) in [7, 11) is 6.39. The van der Waals surface area contributed by atoms with Crippen LogP contribution in [0.2, 0.25) is 0 Å². The molecule has 0 spiro atoms. The standard InChI is InChI=1S/C35H39N3O8.ClH.H2O/c1-22-31(34(39)45-6)33(26-13-10-14-27(20-26)38(41)42)32(23(2)36-22)35(40)46-30(25-11-8-7-9-12-25)21-37(3)18-17-24-15-16-28(43-4)29(19-24)44-5;;/h7-16,19-20,30,33,36H,17-18,21H2,1-6H3;1H;1H2. The number of nitrogens with one attached hydrogen (secondary N) is 1. The monoisotopic (exact) mass is 683 g/mol. The van der Waals surface area contributed by atoms with Gasteiger partial charge in [0.1, 0.15) is 6.10 Å². The lowest BCUT2D eigenvalue weighted by Gasteiger charge is -2.32. The highest BCUT2D eigenvalue weighted by Crippen LogP contribution is 2.41. The number of allylic oxidation sites excluding steroid dienone is 2. The van der Waals surface area contributed by atoms with Crippen molar-refractivity contribution in [3.8, 4) is 11.5 Å². The summed E-state index contributed by atoms with van der Waals surface area (Å²) in [5.41, 5.74) is 3.37. The van der Waals surface area contributed by atoms with Gasteiger partial charge in [0.25, 0.3) is 5.69 Å². The van der Waals surface area contributed by atoms with Gasteiger partial charge in [-0.05, 0) is 56.1 Å². The van der Waals surface area contributed by atoms with Crippen molar-refractivity contribution in [1.82, 2.24) is 10.2 Å². The maximum absolute atomic E-state index is 14.2. The van der Waals surface area contributed by atoms with Crippen LogP contribution in [0.15, 0.2) is 95.3 Å². The van der Waals surface area contributed by atoms with Crippen LogP contribution in [0.25, 0.3) is 0 Å². The third-order valence-corrected chi connectivity index (χ3v) is 7.93. The minimum absolute atomic E-state index is 0. The molecule has 3 aromatic rings. The van der Waals surface area contributed by atoms with Crippen LogP contribution in [0.4, 0.5) is 5.69 Å². The molecule has 0 bridgehead atoms. The van der Waals surface area contributed by atoms with Gasteiger partial charge in [0.05, 0.1) is 43.3 Å². The lowest BCUT2D eigenvalue weighted by Crippen LogP contribution is -2.34. The molecule has 2 unspecified atom stereocenters. The SMILES string of the molecule is COC(=O)C1=C(C)NC(C)=C(C(=O)OC(CN(C)CCc2ccc(OC)c(OC)c2)c2ccccc2)C1c1cccc([N+](=O)[O-])c1.Cl.O. The molecule has 0 aromatic heterocycles. The van der Waals surface area contributed by atoms with E-state index in [4.69, 9.17) is 18.9 Å². The molecular weight excluding hydrogens is 642 g/mol. The van der Waals surface area contributed by atoms with Gasteiger partial charge in [-0.1, -0.05) is 48.5 Å². The maximum Gasteiger partial charge on any atom is 0.337 e. The summed E-state index contributed by atoms with van der Waals surface area (Å²) in [6.45, 7) is 4.45. The van der Waals surface area contributed by atoms with Crippen molar-refractivity contribution < 1.29 is 38.9 Å². The lowest BCUT2D eigenvalue weighted by molar-refractivity contribution is -0.384. The predicted molar refractivity (Wildman–Crippen MR) is 183 cm³/mol. The minimum Gasteiger partial charge on any atom is -0.493 e. The van der Waals surface area contributed by atoms with Crippen molar-refractivity contribution >= 4 is 30.0 Å². The Morgan fingerprint density at radius 2 is 1.54 bits per heavy atom. The fourth-order valence-electron chi connectivity index (χ4n) is 5.60. The Kier molecular flexibility index (Phi) is 14.6. The largest absolute Gasteiger partial charge is 0.493 e. The van der Waals surface area contributed by atoms with Crippen molar-refractivity contribution in [3.63, 3.8) is 0 Å². The number of hydrogen-bond acceptors (Lipinski definition) is 10. The van der Waals surface area contributed by atoms with Gasteiger partial charge in [-0.3, -0.25) is 10.1 Å². The molecule has 0 saturated heterocycles. The Bertz CT molecular complexity index is 1660. The number of nitrogens with zero attached hydrogens (tertiary/aromatic N) is 2. The highest BCUT2D eigenvalue weighted by Gasteiger charge is 2.39. The fourth-order valence-corrected chi connectivity index (χ4v) is 5.60. The number of halogens is 1. The highest BCUT2D eigenvalue weighted by molar-refractivity contribution is 6.00. The summed E-state index contributed by atoms with van der Waals surface area (Å²) in [5, 5.41) is 14.7. The predicted octanol–water partition coefficient (Wildman–Crippen LogP) is 5.08. The van der Waals surface area contributed by atoms with Gasteiger partial charge in [-0.2, -0.15) is 0 Å². The van der Waals surface area contributed by atoms with E-state index in [0.29, 0.717) is 48.0 Å². The molecule has 13 heteroatoms. The van der Waals surface area contributed by atoms with Gasteiger partial charge in [0.15, 0.2) is 11.5 Å². The van der Waals surface area contributed by atoms with Crippen LogP contribution < -0.4 is 14.8 Å². The molecule has 0 fully saturated rings. The number of esters is 2. The van der Waals surface area contributed by atoms with E-state index in [-0.39, 0.29) is 34.7 Å². The van der Waals surface area contributed by atoms with E-state index in [0.717, 1.165) is 11.1 Å². The zero-order valence-corrected chi connectivity index (χ0v) is 28.6. The molecule has 1 heterocycles. The second-order valence-electron chi connectivity index (χ2n) is 11.0. The number of non-ortho nitro benzene ring substituents is 1. The molecule has 1 aliphatic heterocycles. The molecule has 0 amide bonds. The number of carbonyl (C=O) groups is 2. The molecule has 4 rings (SSSR count). The maximum atomic E-state index is 14.2. The molecule has 0 radical (unpaired) electrons. The Balaban J connectivity index is 0.00000400. The van der Waals surface area contributed by atoms with Crippen LogP contribution >= 0.6 is 12.4 Å². The normalized spacial score (nSPS) is 14.6. The van der Waals surface area contributed by atoms with E-state index in [1.165, 1.54) is 25.3 Å². The van der Waals surface area contributed by atoms with Crippen LogP contribution in [0.3, 0.4) is 0 Å². The Hall–Kier alpha value is -4.91. The summed E-state index contributed by atoms with van der Waals surface area (Å²) in [5.74, 6) is -0.967. The molecule has 3 N–H and O–H groups in total. The van der Waals surface area contributed by atoms with E-state index in [9.17, 15) is 19.7 Å². The van der Waals surface area contributed by atoms with Crippen molar-refractivity contribution in [2.45, 2.75) is 32.3 Å². The number of methoxy groups -OCH3 is 3. The molecule has 48 heavy (non-hydrogen) atoms. The second-order valence-corrected chi connectivity index (χ2v) is 11.0. The van der Waals surface area contributed by atoms with Gasteiger partial charge in [0, 0.05) is 36.6 Å². The van der Waals surface area contributed by atoms with Crippen LogP contribution in [0.1, 0.15) is 42.6 Å². The van der Waals surface area contributed by atoms with Crippen LogP contribution in [-0.4, -0.2) is 68.7 Å². The summed E-state index contributed by atoms with van der Waals surface area (Å²) >= 11 is 0. The van der Waals surface area contributed by atoms with Gasteiger partial charge in [-0.25, -0.2) is 9.59 Å². The highest BCUT2D eigenvalue weighted by atomic mass is 35.5. The number of carbonyl (C=O) groups excluding carboxylic acids is 2. The number of benzene rings is 3. The number of dihydropyridines is 1. The van der Waals surface area contributed by atoms with Gasteiger partial charge >= 0.3 is 11.9 Å². The molecule has 2 atom stereocenters. The number of rotatable bonds is 13. The van der Waals surface area contributed by atoms with Crippen LogP contribution in [0, 0.1) is 10.1 Å². The third kappa shape index (κ3) is 9.12. The number of nitro benzene ring substituents is 1. The van der Waals surface area contributed by atoms with Gasteiger partial charge in [-0.15, -0.1) is 12.4 Å². The second kappa shape index (κ2) is 17.9. The first-order chi connectivity index (χ1) is 22.1. The molecule has 1 aliphatic rings. The fraction of sp³-hybridized carbons (Fsp3) is 0.314. The molecular formula is C35H42ClN3O9. The molecule has 12 nitrogen and oxygen atoms in total. The average Bonchev–Trinajstić information content (AvgIpc) is 3.06. The first-order valence-electron chi connectivity index (χ1n) is 14.7. The van der Waals surface area contributed by atoms with Gasteiger partial charge in [0.2, 0.25) is 0 Å². The van der Waals surface area contributed by atoms with Crippen molar-refractivity contribution in [2.24, 2.45) is 0 Å².